The number of hydrogen-bond donors (Lipinski definition) is 1. The van der Waals surface area contributed by atoms with Crippen LogP contribution in [-0.4, -0.2) is 28.6 Å². The molecule has 0 aliphatic carbocycles. The van der Waals surface area contributed by atoms with E-state index in [1.165, 1.54) is 30.3 Å². The summed E-state index contributed by atoms with van der Waals surface area (Å²) in [6, 6.07) is 8.93. The number of carbonyl (C=O) groups is 1. The van der Waals surface area contributed by atoms with Gasteiger partial charge in [0.05, 0.1) is 11.6 Å². The minimum absolute atomic E-state index is 0.446. The molecule has 3 rings (SSSR count). The van der Waals surface area contributed by atoms with Crippen molar-refractivity contribution < 1.29 is 27.5 Å². The van der Waals surface area contributed by atoms with Gasteiger partial charge in [-0.3, -0.25) is 9.69 Å². The molecule has 0 amide bonds. The molecule has 1 heterocycles. The Balaban J connectivity index is 2.05. The van der Waals surface area contributed by atoms with Crippen molar-refractivity contribution in [3.8, 4) is 0 Å². The highest BCUT2D eigenvalue weighted by Crippen LogP contribution is 2.37. The van der Waals surface area contributed by atoms with E-state index in [0.717, 1.165) is 12.1 Å². The maximum Gasteiger partial charge on any atom is 0.416 e. The second-order valence-electron chi connectivity index (χ2n) is 6.31. The van der Waals surface area contributed by atoms with Crippen LogP contribution in [0.25, 0.3) is 0 Å². The zero-order valence-electron chi connectivity index (χ0n) is 13.7. The maximum atomic E-state index is 13.7. The molecule has 0 aromatic heterocycles. The molecule has 0 spiro atoms. The van der Waals surface area contributed by atoms with E-state index in [0.29, 0.717) is 30.5 Å². The molecule has 2 unspecified atom stereocenters. The van der Waals surface area contributed by atoms with Gasteiger partial charge in [0.15, 0.2) is 0 Å². The van der Waals surface area contributed by atoms with Crippen molar-refractivity contribution in [1.29, 1.82) is 0 Å². The molecule has 1 aliphatic heterocycles. The number of carboxylic acid groups (broad SMARTS) is 1. The van der Waals surface area contributed by atoms with E-state index in [1.807, 2.05) is 0 Å². The van der Waals surface area contributed by atoms with Crippen LogP contribution >= 0.6 is 0 Å². The fraction of sp³-hybridized carbons (Fsp3) is 0.316. The van der Waals surface area contributed by atoms with Crippen molar-refractivity contribution in [3.05, 3.63) is 71.0 Å². The van der Waals surface area contributed by atoms with Gasteiger partial charge < -0.3 is 5.11 Å². The number of halogens is 4. The summed E-state index contributed by atoms with van der Waals surface area (Å²) in [6.07, 6.45) is -3.35. The van der Waals surface area contributed by atoms with Gasteiger partial charge >= 0.3 is 12.1 Å². The Kier molecular flexibility index (Phi) is 5.00. The summed E-state index contributed by atoms with van der Waals surface area (Å²) >= 11 is 0. The van der Waals surface area contributed by atoms with E-state index in [1.54, 1.807) is 11.0 Å². The smallest absolute Gasteiger partial charge is 0.416 e. The van der Waals surface area contributed by atoms with Gasteiger partial charge in [-0.2, -0.15) is 13.2 Å². The summed E-state index contributed by atoms with van der Waals surface area (Å²) in [5, 5.41) is 9.47. The van der Waals surface area contributed by atoms with Gasteiger partial charge in [-0.05, 0) is 48.2 Å². The van der Waals surface area contributed by atoms with Crippen molar-refractivity contribution in [3.63, 3.8) is 0 Å². The van der Waals surface area contributed by atoms with Crippen LogP contribution in [0.4, 0.5) is 17.6 Å². The molecular formula is C19H17F4NO2. The van der Waals surface area contributed by atoms with E-state index in [2.05, 4.69) is 0 Å². The first-order valence-electron chi connectivity index (χ1n) is 8.18. The second-order valence-corrected chi connectivity index (χ2v) is 6.31. The molecule has 2 aromatic carbocycles. The minimum Gasteiger partial charge on any atom is -0.480 e. The average molecular weight is 367 g/mol. The molecule has 0 bridgehead atoms. The lowest BCUT2D eigenvalue weighted by Gasteiger charge is -2.32. The molecule has 2 aromatic rings. The highest BCUT2D eigenvalue weighted by Gasteiger charge is 2.37. The third-order valence-corrected chi connectivity index (χ3v) is 4.63. The van der Waals surface area contributed by atoms with E-state index < -0.39 is 35.6 Å². The molecule has 1 saturated heterocycles. The first-order valence-corrected chi connectivity index (χ1v) is 8.18. The lowest BCUT2D eigenvalue weighted by molar-refractivity contribution is -0.142. The quantitative estimate of drug-likeness (QED) is 0.810. The molecule has 2 atom stereocenters. The van der Waals surface area contributed by atoms with Crippen LogP contribution in [0.2, 0.25) is 0 Å². The van der Waals surface area contributed by atoms with Crippen LogP contribution in [0.1, 0.15) is 35.6 Å². The van der Waals surface area contributed by atoms with Gasteiger partial charge in [-0.1, -0.05) is 24.3 Å². The molecule has 7 heteroatoms. The first kappa shape index (κ1) is 18.4. The Morgan fingerprint density at radius 3 is 2.38 bits per heavy atom. The number of alkyl halides is 3. The Bertz CT molecular complexity index is 789. The van der Waals surface area contributed by atoms with Crippen LogP contribution in [0.15, 0.2) is 48.5 Å². The standard InChI is InChI=1S/C19H17F4NO2/c20-15-4-1-3-13(11-15)17(24-10-2-5-16(24)18(25)26)12-6-8-14(9-7-12)19(21,22)23/h1,3-4,6-9,11,16-17H,2,5,10H2,(H,25,26). The third kappa shape index (κ3) is 3.72. The van der Waals surface area contributed by atoms with Crippen LogP contribution in [-0.2, 0) is 11.0 Å². The van der Waals surface area contributed by atoms with E-state index in [4.69, 9.17) is 0 Å². The van der Waals surface area contributed by atoms with Gasteiger partial charge in [0.25, 0.3) is 0 Å². The summed E-state index contributed by atoms with van der Waals surface area (Å²) in [6.45, 7) is 0.471. The average Bonchev–Trinajstić information content (AvgIpc) is 3.04. The molecule has 0 saturated carbocycles. The Labute approximate surface area is 147 Å². The lowest BCUT2D eigenvalue weighted by atomic mass is 9.95. The van der Waals surface area contributed by atoms with E-state index >= 15 is 0 Å². The highest BCUT2D eigenvalue weighted by molar-refractivity contribution is 5.74. The summed E-state index contributed by atoms with van der Waals surface area (Å²) in [4.78, 5) is 13.3. The van der Waals surface area contributed by atoms with Gasteiger partial charge in [0.1, 0.15) is 11.9 Å². The number of aliphatic carboxylic acids is 1. The van der Waals surface area contributed by atoms with Crippen molar-refractivity contribution in [1.82, 2.24) is 4.90 Å². The maximum absolute atomic E-state index is 13.7. The Hall–Kier alpha value is -2.41. The van der Waals surface area contributed by atoms with Crippen LogP contribution in [0.3, 0.4) is 0 Å². The van der Waals surface area contributed by atoms with Gasteiger partial charge in [-0.15, -0.1) is 0 Å². The zero-order valence-corrected chi connectivity index (χ0v) is 13.7. The first-order chi connectivity index (χ1) is 12.3. The normalized spacial score (nSPS) is 19.5. The third-order valence-electron chi connectivity index (χ3n) is 4.63. The molecule has 3 nitrogen and oxygen atoms in total. The summed E-state index contributed by atoms with van der Waals surface area (Å²) in [5.41, 5.74) is 0.227. The lowest BCUT2D eigenvalue weighted by Crippen LogP contribution is -2.39. The summed E-state index contributed by atoms with van der Waals surface area (Å²) in [5.74, 6) is -1.47. The predicted octanol–water partition coefficient (Wildman–Crippen LogP) is 4.48. The highest BCUT2D eigenvalue weighted by atomic mass is 19.4. The van der Waals surface area contributed by atoms with Crippen molar-refractivity contribution in [2.75, 3.05) is 6.54 Å². The Morgan fingerprint density at radius 1 is 1.12 bits per heavy atom. The van der Waals surface area contributed by atoms with Crippen molar-refractivity contribution in [2.45, 2.75) is 31.1 Å². The fourth-order valence-corrected chi connectivity index (χ4v) is 3.47. The topological polar surface area (TPSA) is 40.5 Å². The number of hydrogen-bond acceptors (Lipinski definition) is 2. The molecule has 1 aliphatic rings. The number of rotatable bonds is 4. The van der Waals surface area contributed by atoms with Crippen molar-refractivity contribution >= 4 is 5.97 Å². The molecular weight excluding hydrogens is 350 g/mol. The molecule has 26 heavy (non-hydrogen) atoms. The number of benzene rings is 2. The number of nitrogens with zero attached hydrogens (tertiary/aromatic N) is 1. The summed E-state index contributed by atoms with van der Waals surface area (Å²) < 4.78 is 52.2. The van der Waals surface area contributed by atoms with Crippen LogP contribution in [0.5, 0.6) is 0 Å². The Morgan fingerprint density at radius 2 is 1.81 bits per heavy atom. The van der Waals surface area contributed by atoms with Gasteiger partial charge in [0, 0.05) is 6.54 Å². The number of carboxylic acids is 1. The predicted molar refractivity (Wildman–Crippen MR) is 87.1 cm³/mol. The fourth-order valence-electron chi connectivity index (χ4n) is 3.47. The zero-order chi connectivity index (χ0) is 18.9. The molecule has 1 N–H and O–H groups in total. The second kappa shape index (κ2) is 7.07. The van der Waals surface area contributed by atoms with E-state index in [-0.39, 0.29) is 0 Å². The van der Waals surface area contributed by atoms with Crippen molar-refractivity contribution in [2.24, 2.45) is 0 Å². The summed E-state index contributed by atoms with van der Waals surface area (Å²) in [7, 11) is 0. The van der Waals surface area contributed by atoms with Gasteiger partial charge in [-0.25, -0.2) is 4.39 Å². The molecule has 0 radical (unpaired) electrons. The minimum atomic E-state index is -4.45. The monoisotopic (exact) mass is 367 g/mol. The number of likely N-dealkylation sites (tertiary alicyclic amines) is 1. The largest absolute Gasteiger partial charge is 0.480 e. The van der Waals surface area contributed by atoms with Crippen LogP contribution < -0.4 is 0 Å². The molecule has 1 fully saturated rings. The van der Waals surface area contributed by atoms with Crippen LogP contribution in [0, 0.1) is 5.82 Å². The SMILES string of the molecule is O=C(O)C1CCCN1C(c1ccc(C(F)(F)F)cc1)c1cccc(F)c1. The van der Waals surface area contributed by atoms with E-state index in [9.17, 15) is 27.5 Å². The van der Waals surface area contributed by atoms with Gasteiger partial charge in [0.2, 0.25) is 0 Å². The molecule has 138 valence electrons.